The molecule has 0 spiro atoms. The summed E-state index contributed by atoms with van der Waals surface area (Å²) in [7, 11) is 0. The molecule has 3 rings (SSSR count). The van der Waals surface area contributed by atoms with Crippen LogP contribution in [0.2, 0.25) is 0 Å². The second-order valence-corrected chi connectivity index (χ2v) is 4.06. The summed E-state index contributed by atoms with van der Waals surface area (Å²) in [5.41, 5.74) is -1.27. The summed E-state index contributed by atoms with van der Waals surface area (Å²) >= 11 is 0. The Kier molecular flexibility index (Phi) is 2.09. The molecule has 3 heterocycles. The van der Waals surface area contributed by atoms with Crippen molar-refractivity contribution in [3.63, 3.8) is 0 Å². The van der Waals surface area contributed by atoms with E-state index in [2.05, 4.69) is 4.90 Å². The standard InChI is InChI=1S/C9H16FNO/c10-9(7-12)3-6-11-4-1-8(9)2-5-11/h8,12H,1-7H2. The van der Waals surface area contributed by atoms with Crippen LogP contribution in [-0.2, 0) is 0 Å². The van der Waals surface area contributed by atoms with E-state index in [0.717, 1.165) is 32.5 Å². The van der Waals surface area contributed by atoms with Gasteiger partial charge in [0, 0.05) is 6.54 Å². The Hall–Kier alpha value is -0.150. The van der Waals surface area contributed by atoms with Crippen LogP contribution in [0, 0.1) is 5.92 Å². The maximum absolute atomic E-state index is 14.0. The van der Waals surface area contributed by atoms with E-state index in [0.29, 0.717) is 6.42 Å². The van der Waals surface area contributed by atoms with Crippen LogP contribution >= 0.6 is 0 Å². The zero-order valence-electron chi connectivity index (χ0n) is 7.30. The van der Waals surface area contributed by atoms with E-state index in [1.165, 1.54) is 0 Å². The predicted octanol–water partition coefficient (Wildman–Crippen LogP) is 0.803. The smallest absolute Gasteiger partial charge is 0.138 e. The van der Waals surface area contributed by atoms with Crippen LogP contribution in [0.15, 0.2) is 0 Å². The zero-order valence-corrected chi connectivity index (χ0v) is 7.30. The van der Waals surface area contributed by atoms with E-state index in [9.17, 15) is 4.39 Å². The average Bonchev–Trinajstić information content (AvgIpc) is 2.38. The quantitative estimate of drug-likeness (QED) is 0.634. The van der Waals surface area contributed by atoms with Gasteiger partial charge < -0.3 is 10.0 Å². The lowest BCUT2D eigenvalue weighted by Crippen LogP contribution is -2.38. The first-order valence-corrected chi connectivity index (χ1v) is 4.77. The molecule has 0 aromatic rings. The second kappa shape index (κ2) is 2.96. The fourth-order valence-electron chi connectivity index (χ4n) is 2.43. The number of fused-ring (bicyclic) bond motifs is 4. The van der Waals surface area contributed by atoms with Gasteiger partial charge in [0.2, 0.25) is 0 Å². The average molecular weight is 173 g/mol. The van der Waals surface area contributed by atoms with Crippen LogP contribution in [0.4, 0.5) is 4.39 Å². The van der Waals surface area contributed by atoms with Crippen LogP contribution in [0.3, 0.4) is 0 Å². The maximum atomic E-state index is 14.0. The Labute approximate surface area is 72.4 Å². The van der Waals surface area contributed by atoms with Crippen LogP contribution in [0.1, 0.15) is 19.3 Å². The Morgan fingerprint density at radius 2 is 2.00 bits per heavy atom. The lowest BCUT2D eigenvalue weighted by atomic mass is 9.83. The van der Waals surface area contributed by atoms with Gasteiger partial charge in [-0.1, -0.05) is 0 Å². The lowest BCUT2D eigenvalue weighted by molar-refractivity contribution is 0.0106. The van der Waals surface area contributed by atoms with Gasteiger partial charge in [0.15, 0.2) is 0 Å². The van der Waals surface area contributed by atoms with Crippen molar-refractivity contribution >= 4 is 0 Å². The molecule has 2 nitrogen and oxygen atoms in total. The topological polar surface area (TPSA) is 23.5 Å². The fourth-order valence-corrected chi connectivity index (χ4v) is 2.43. The SMILES string of the molecule is OCC1(F)CCN2CCC1CC2. The number of halogens is 1. The largest absolute Gasteiger partial charge is 0.393 e. The number of piperidine rings is 1. The van der Waals surface area contributed by atoms with Gasteiger partial charge in [-0.2, -0.15) is 0 Å². The molecule has 70 valence electrons. The molecule has 3 saturated heterocycles. The minimum absolute atomic E-state index is 0.112. The van der Waals surface area contributed by atoms with Crippen molar-refractivity contribution in [2.75, 3.05) is 26.2 Å². The number of hydrogen-bond donors (Lipinski definition) is 1. The third-order valence-corrected chi connectivity index (χ3v) is 3.43. The Morgan fingerprint density at radius 3 is 2.58 bits per heavy atom. The van der Waals surface area contributed by atoms with E-state index >= 15 is 0 Å². The zero-order chi connectivity index (χ0) is 8.60. The molecule has 2 bridgehead atoms. The van der Waals surface area contributed by atoms with E-state index in [-0.39, 0.29) is 12.5 Å². The molecule has 0 aromatic carbocycles. The van der Waals surface area contributed by atoms with Crippen molar-refractivity contribution in [3.8, 4) is 0 Å². The first-order chi connectivity index (χ1) is 5.74. The normalized spacial score (nSPS) is 47.5. The van der Waals surface area contributed by atoms with Crippen LogP contribution in [0.5, 0.6) is 0 Å². The number of nitrogens with zero attached hydrogens (tertiary/aromatic N) is 1. The van der Waals surface area contributed by atoms with Crippen molar-refractivity contribution in [1.82, 2.24) is 4.90 Å². The molecule has 0 aromatic heterocycles. The monoisotopic (exact) mass is 173 g/mol. The molecular weight excluding hydrogens is 157 g/mol. The molecule has 1 atom stereocenters. The minimum Gasteiger partial charge on any atom is -0.393 e. The van der Waals surface area contributed by atoms with Crippen molar-refractivity contribution in [2.45, 2.75) is 24.9 Å². The van der Waals surface area contributed by atoms with Crippen molar-refractivity contribution < 1.29 is 9.50 Å². The van der Waals surface area contributed by atoms with Gasteiger partial charge in [-0.05, 0) is 38.3 Å². The summed E-state index contributed by atoms with van der Waals surface area (Å²) in [5.74, 6) is 0.112. The van der Waals surface area contributed by atoms with Gasteiger partial charge in [0.1, 0.15) is 5.67 Å². The van der Waals surface area contributed by atoms with Gasteiger partial charge >= 0.3 is 0 Å². The Balaban J connectivity index is 2.15. The van der Waals surface area contributed by atoms with Gasteiger partial charge in [0.05, 0.1) is 6.61 Å². The maximum Gasteiger partial charge on any atom is 0.138 e. The molecule has 3 heteroatoms. The van der Waals surface area contributed by atoms with Gasteiger partial charge in [-0.3, -0.25) is 0 Å². The summed E-state index contributed by atoms with van der Waals surface area (Å²) in [4.78, 5) is 2.30. The number of alkyl halides is 1. The highest BCUT2D eigenvalue weighted by Crippen LogP contribution is 2.37. The molecule has 1 unspecified atom stereocenters. The molecule has 3 fully saturated rings. The Bertz CT molecular complexity index is 168. The van der Waals surface area contributed by atoms with Gasteiger partial charge in [-0.15, -0.1) is 0 Å². The molecule has 1 N–H and O–H groups in total. The minimum atomic E-state index is -1.27. The van der Waals surface area contributed by atoms with Crippen LogP contribution < -0.4 is 0 Å². The third kappa shape index (κ3) is 1.25. The predicted molar refractivity (Wildman–Crippen MR) is 44.7 cm³/mol. The Morgan fingerprint density at radius 1 is 1.33 bits per heavy atom. The molecular formula is C9H16FNO. The van der Waals surface area contributed by atoms with Gasteiger partial charge in [0.25, 0.3) is 0 Å². The summed E-state index contributed by atoms with van der Waals surface area (Å²) in [5, 5.41) is 9.00. The van der Waals surface area contributed by atoms with E-state index in [1.54, 1.807) is 0 Å². The number of hydrogen-bond acceptors (Lipinski definition) is 2. The van der Waals surface area contributed by atoms with Gasteiger partial charge in [-0.25, -0.2) is 4.39 Å². The number of aliphatic hydroxyl groups excluding tert-OH is 1. The molecule has 3 aliphatic rings. The summed E-state index contributed by atoms with van der Waals surface area (Å²) in [6.45, 7) is 2.59. The van der Waals surface area contributed by atoms with Crippen LogP contribution in [-0.4, -0.2) is 41.9 Å². The highest BCUT2D eigenvalue weighted by Gasteiger charge is 2.43. The molecule has 12 heavy (non-hydrogen) atoms. The van der Waals surface area contributed by atoms with Crippen molar-refractivity contribution in [1.29, 1.82) is 0 Å². The molecule has 0 saturated carbocycles. The lowest BCUT2D eigenvalue weighted by Gasteiger charge is -2.31. The highest BCUT2D eigenvalue weighted by molar-refractivity contribution is 4.94. The van der Waals surface area contributed by atoms with E-state index in [4.69, 9.17) is 5.11 Å². The van der Waals surface area contributed by atoms with Crippen molar-refractivity contribution in [3.05, 3.63) is 0 Å². The fraction of sp³-hybridized carbons (Fsp3) is 1.00. The molecule has 3 aliphatic heterocycles. The van der Waals surface area contributed by atoms with Crippen molar-refractivity contribution in [2.24, 2.45) is 5.92 Å². The van der Waals surface area contributed by atoms with E-state index in [1.807, 2.05) is 0 Å². The molecule has 0 radical (unpaired) electrons. The number of rotatable bonds is 1. The number of aliphatic hydroxyl groups is 1. The first-order valence-electron chi connectivity index (χ1n) is 4.77. The van der Waals surface area contributed by atoms with Crippen LogP contribution in [0.25, 0.3) is 0 Å². The summed E-state index contributed by atoms with van der Waals surface area (Å²) in [6.07, 6.45) is 2.38. The molecule has 0 amide bonds. The summed E-state index contributed by atoms with van der Waals surface area (Å²) in [6, 6.07) is 0. The second-order valence-electron chi connectivity index (χ2n) is 4.06. The summed E-state index contributed by atoms with van der Waals surface area (Å²) < 4.78 is 14.0. The first kappa shape index (κ1) is 8.45. The van der Waals surface area contributed by atoms with E-state index < -0.39 is 5.67 Å². The third-order valence-electron chi connectivity index (χ3n) is 3.43. The highest BCUT2D eigenvalue weighted by atomic mass is 19.1. The molecule has 0 aliphatic carbocycles.